The van der Waals surface area contributed by atoms with E-state index >= 15 is 0 Å². The van der Waals surface area contributed by atoms with Gasteiger partial charge in [0.1, 0.15) is 5.84 Å². The van der Waals surface area contributed by atoms with Crippen LogP contribution in [0.15, 0.2) is 5.16 Å². The molecule has 0 amide bonds. The van der Waals surface area contributed by atoms with Gasteiger partial charge in [-0.15, -0.1) is 0 Å². The minimum absolute atomic E-state index is 0.0327. The third-order valence-corrected chi connectivity index (χ3v) is 5.90. The Morgan fingerprint density at radius 2 is 2.00 bits per heavy atom. The second kappa shape index (κ2) is 9.22. The van der Waals surface area contributed by atoms with Crippen LogP contribution in [0.4, 0.5) is 0 Å². The number of hydrogen-bond acceptors (Lipinski definition) is 5. The summed E-state index contributed by atoms with van der Waals surface area (Å²) in [5.74, 6) is 0.468. The van der Waals surface area contributed by atoms with Gasteiger partial charge in [-0.25, -0.2) is 8.42 Å². The van der Waals surface area contributed by atoms with E-state index in [1.165, 1.54) is 17.8 Å². The summed E-state index contributed by atoms with van der Waals surface area (Å²) in [7, 11) is -1.80. The summed E-state index contributed by atoms with van der Waals surface area (Å²) in [5, 5.41) is 11.4. The molecule has 0 aromatic rings. The van der Waals surface area contributed by atoms with Gasteiger partial charge in [0.05, 0.1) is 12.4 Å². The van der Waals surface area contributed by atoms with Gasteiger partial charge in [0, 0.05) is 26.6 Å². The number of oxime groups is 1. The number of rotatable bonds is 9. The van der Waals surface area contributed by atoms with Crippen molar-refractivity contribution in [3.63, 3.8) is 0 Å². The van der Waals surface area contributed by atoms with E-state index in [9.17, 15) is 8.42 Å². The molecule has 0 spiro atoms. The predicted octanol–water partition coefficient (Wildman–Crippen LogP) is 0.981. The van der Waals surface area contributed by atoms with Crippen molar-refractivity contribution in [2.75, 3.05) is 32.6 Å². The first-order valence-corrected chi connectivity index (χ1v) is 9.03. The van der Waals surface area contributed by atoms with Crippen LogP contribution in [0.1, 0.15) is 38.5 Å². The Kier molecular flexibility index (Phi) is 7.98. The van der Waals surface area contributed by atoms with Crippen LogP contribution in [0.3, 0.4) is 0 Å². The lowest BCUT2D eigenvalue weighted by Gasteiger charge is -2.26. The lowest BCUT2D eigenvalue weighted by Crippen LogP contribution is -2.39. The zero-order chi connectivity index (χ0) is 15.7. The largest absolute Gasteiger partial charge is 0.409 e. The molecule has 0 bridgehead atoms. The van der Waals surface area contributed by atoms with Gasteiger partial charge in [0.2, 0.25) is 10.0 Å². The van der Waals surface area contributed by atoms with E-state index in [1.54, 1.807) is 0 Å². The molecule has 0 atom stereocenters. The van der Waals surface area contributed by atoms with Crippen molar-refractivity contribution in [1.29, 1.82) is 0 Å². The highest BCUT2D eigenvalue weighted by Gasteiger charge is 2.27. The van der Waals surface area contributed by atoms with Gasteiger partial charge in [0.25, 0.3) is 0 Å². The maximum absolute atomic E-state index is 12.5. The molecular formula is C13H27N3O4S. The third-order valence-electron chi connectivity index (χ3n) is 3.86. The average molecular weight is 321 g/mol. The molecule has 0 aromatic carbocycles. The molecule has 8 heteroatoms. The van der Waals surface area contributed by atoms with E-state index in [0.29, 0.717) is 13.2 Å². The zero-order valence-corrected chi connectivity index (χ0v) is 13.5. The molecule has 0 aromatic heterocycles. The first kappa shape index (κ1) is 18.2. The van der Waals surface area contributed by atoms with Crippen molar-refractivity contribution in [2.24, 2.45) is 16.8 Å². The molecule has 0 radical (unpaired) electrons. The summed E-state index contributed by atoms with van der Waals surface area (Å²) in [4.78, 5) is 0. The molecule has 1 rings (SSSR count). The van der Waals surface area contributed by atoms with Crippen LogP contribution in [0, 0.1) is 5.92 Å². The Bertz CT molecular complexity index is 419. The second-order valence-electron chi connectivity index (χ2n) is 5.52. The fraction of sp³-hybridized carbons (Fsp3) is 0.923. The monoisotopic (exact) mass is 321 g/mol. The third kappa shape index (κ3) is 6.62. The molecular weight excluding hydrogens is 294 g/mol. The fourth-order valence-corrected chi connectivity index (χ4v) is 4.49. The van der Waals surface area contributed by atoms with Gasteiger partial charge in [-0.3, -0.25) is 0 Å². The first-order valence-electron chi connectivity index (χ1n) is 7.42. The quantitative estimate of drug-likeness (QED) is 0.285. The Hall–Kier alpha value is -0.860. The van der Waals surface area contributed by atoms with Crippen LogP contribution in [0.2, 0.25) is 0 Å². The highest BCUT2D eigenvalue weighted by Crippen LogP contribution is 2.25. The van der Waals surface area contributed by atoms with Crippen molar-refractivity contribution >= 4 is 15.9 Å². The lowest BCUT2D eigenvalue weighted by atomic mass is 9.91. The van der Waals surface area contributed by atoms with Crippen molar-refractivity contribution in [3.8, 4) is 0 Å². The summed E-state index contributed by atoms with van der Waals surface area (Å²) in [6, 6.07) is 0. The van der Waals surface area contributed by atoms with Gasteiger partial charge in [-0.2, -0.15) is 4.31 Å². The van der Waals surface area contributed by atoms with Crippen LogP contribution >= 0.6 is 0 Å². The molecule has 7 nitrogen and oxygen atoms in total. The lowest BCUT2D eigenvalue weighted by molar-refractivity contribution is 0.179. The van der Waals surface area contributed by atoms with Gasteiger partial charge in [-0.05, 0) is 18.8 Å². The van der Waals surface area contributed by atoms with E-state index in [4.69, 9.17) is 15.7 Å². The molecule has 1 aliphatic rings. The summed E-state index contributed by atoms with van der Waals surface area (Å²) in [5.41, 5.74) is 5.42. The van der Waals surface area contributed by atoms with Crippen LogP contribution in [-0.4, -0.2) is 56.3 Å². The molecule has 21 heavy (non-hydrogen) atoms. The molecule has 1 fully saturated rings. The minimum Gasteiger partial charge on any atom is -0.409 e. The van der Waals surface area contributed by atoms with Crippen molar-refractivity contribution in [3.05, 3.63) is 0 Å². The van der Waals surface area contributed by atoms with Crippen LogP contribution in [0.5, 0.6) is 0 Å². The molecule has 3 N–H and O–H groups in total. The van der Waals surface area contributed by atoms with E-state index in [-0.39, 0.29) is 30.5 Å². The number of sulfonamides is 1. The molecule has 0 heterocycles. The number of nitrogens with zero attached hydrogens (tertiary/aromatic N) is 2. The van der Waals surface area contributed by atoms with E-state index in [1.807, 2.05) is 0 Å². The highest BCUT2D eigenvalue weighted by atomic mass is 32.2. The van der Waals surface area contributed by atoms with Gasteiger partial charge in [-0.1, -0.05) is 24.4 Å². The summed E-state index contributed by atoms with van der Waals surface area (Å²) in [6.07, 6.45) is 5.61. The molecule has 1 saturated carbocycles. The average Bonchev–Trinajstić information content (AvgIpc) is 2.47. The van der Waals surface area contributed by atoms with E-state index < -0.39 is 10.0 Å². The van der Waals surface area contributed by atoms with E-state index in [0.717, 1.165) is 25.7 Å². The Labute approximate surface area is 127 Å². The number of nitrogens with two attached hydrogens (primary N) is 1. The maximum Gasteiger partial charge on any atom is 0.214 e. The molecule has 0 aliphatic heterocycles. The van der Waals surface area contributed by atoms with Crippen LogP contribution < -0.4 is 5.73 Å². The number of amidine groups is 1. The molecule has 124 valence electrons. The van der Waals surface area contributed by atoms with Crippen LogP contribution in [-0.2, 0) is 14.8 Å². The SMILES string of the molecule is COCCN(CCC(N)=NO)S(=O)(=O)CC1CCCCC1. The number of hydrogen-bond donors (Lipinski definition) is 2. The second-order valence-corrected chi connectivity index (χ2v) is 7.53. The number of ether oxygens (including phenoxy) is 1. The summed E-state index contributed by atoms with van der Waals surface area (Å²) in [6.45, 7) is 0.846. The zero-order valence-electron chi connectivity index (χ0n) is 12.7. The van der Waals surface area contributed by atoms with Crippen molar-refractivity contribution < 1.29 is 18.4 Å². The Balaban J connectivity index is 2.64. The highest BCUT2D eigenvalue weighted by molar-refractivity contribution is 7.89. The molecule has 1 aliphatic carbocycles. The predicted molar refractivity (Wildman–Crippen MR) is 81.8 cm³/mol. The van der Waals surface area contributed by atoms with Crippen LogP contribution in [0.25, 0.3) is 0 Å². The number of methoxy groups -OCH3 is 1. The normalized spacial score (nSPS) is 18.3. The van der Waals surface area contributed by atoms with Gasteiger partial charge >= 0.3 is 0 Å². The maximum atomic E-state index is 12.5. The van der Waals surface area contributed by atoms with Gasteiger partial charge < -0.3 is 15.7 Å². The first-order chi connectivity index (χ1) is 9.99. The minimum atomic E-state index is -3.34. The van der Waals surface area contributed by atoms with E-state index in [2.05, 4.69) is 5.16 Å². The summed E-state index contributed by atoms with van der Waals surface area (Å²) >= 11 is 0. The molecule has 0 saturated heterocycles. The van der Waals surface area contributed by atoms with Crippen molar-refractivity contribution in [2.45, 2.75) is 38.5 Å². The Morgan fingerprint density at radius 1 is 1.33 bits per heavy atom. The Morgan fingerprint density at radius 3 is 2.57 bits per heavy atom. The fourth-order valence-electron chi connectivity index (χ4n) is 2.63. The van der Waals surface area contributed by atoms with Crippen molar-refractivity contribution in [1.82, 2.24) is 4.31 Å². The smallest absolute Gasteiger partial charge is 0.214 e. The molecule has 0 unspecified atom stereocenters. The summed E-state index contributed by atoms with van der Waals surface area (Å²) < 4.78 is 31.4. The standard InChI is InChI=1S/C13H27N3O4S/c1-20-10-9-16(8-7-13(14)15-17)21(18,19)11-12-5-3-2-4-6-12/h12,17H,2-11H2,1H3,(H2,14,15). The van der Waals surface area contributed by atoms with Gasteiger partial charge in [0.15, 0.2) is 0 Å². The topological polar surface area (TPSA) is 105 Å².